The topological polar surface area (TPSA) is 24.9 Å². The molecule has 1 fully saturated rings. The predicted octanol–water partition coefficient (Wildman–Crippen LogP) is 3.35. The number of aromatic nitrogens is 1. The van der Waals surface area contributed by atoms with E-state index in [1.807, 2.05) is 19.2 Å². The number of aryl methyl sites for hydroxylation is 1. The van der Waals surface area contributed by atoms with E-state index in [0.717, 1.165) is 17.8 Å². The molecule has 0 aliphatic heterocycles. The maximum absolute atomic E-state index is 6.29. The molecule has 1 aliphatic carbocycles. The highest BCUT2D eigenvalue weighted by Crippen LogP contribution is 2.25. The van der Waals surface area contributed by atoms with E-state index in [9.17, 15) is 0 Å². The van der Waals surface area contributed by atoms with Gasteiger partial charge in [0.1, 0.15) is 0 Å². The molecule has 1 heterocycles. The summed E-state index contributed by atoms with van der Waals surface area (Å²) >= 11 is 6.29. The number of pyridine rings is 1. The summed E-state index contributed by atoms with van der Waals surface area (Å²) in [5.74, 6) is 0. The van der Waals surface area contributed by atoms with Crippen molar-refractivity contribution in [3.63, 3.8) is 0 Å². The van der Waals surface area contributed by atoms with Crippen LogP contribution < -0.4 is 5.32 Å². The fraction of sp³-hybridized carbons (Fsp3) is 0.583. The zero-order valence-corrected chi connectivity index (χ0v) is 9.80. The molecule has 2 nitrogen and oxygen atoms in total. The van der Waals surface area contributed by atoms with Crippen molar-refractivity contribution in [1.82, 2.24) is 4.98 Å². The van der Waals surface area contributed by atoms with Gasteiger partial charge in [0.25, 0.3) is 0 Å². The predicted molar refractivity (Wildman–Crippen MR) is 64.5 cm³/mol. The fourth-order valence-electron chi connectivity index (χ4n) is 2.10. The highest BCUT2D eigenvalue weighted by Gasteiger charge is 2.22. The summed E-state index contributed by atoms with van der Waals surface area (Å²) in [4.78, 5) is 4.18. The fourth-order valence-corrected chi connectivity index (χ4v) is 2.44. The Balaban J connectivity index is 2.01. The van der Waals surface area contributed by atoms with Crippen LogP contribution in [-0.2, 0) is 0 Å². The highest BCUT2D eigenvalue weighted by molar-refractivity contribution is 6.21. The average Bonchev–Trinajstić information content (AvgIpc) is 2.22. The highest BCUT2D eigenvalue weighted by atomic mass is 35.5. The van der Waals surface area contributed by atoms with Gasteiger partial charge in [-0.15, -0.1) is 11.6 Å². The minimum Gasteiger partial charge on any atom is -0.381 e. The molecule has 0 amide bonds. The summed E-state index contributed by atoms with van der Waals surface area (Å²) in [7, 11) is 0. The summed E-state index contributed by atoms with van der Waals surface area (Å²) in [6.45, 7) is 2.00. The van der Waals surface area contributed by atoms with Crippen molar-refractivity contribution in [2.75, 3.05) is 5.32 Å². The van der Waals surface area contributed by atoms with Crippen molar-refractivity contribution < 1.29 is 0 Å². The van der Waals surface area contributed by atoms with Crippen LogP contribution in [-0.4, -0.2) is 16.4 Å². The average molecular weight is 225 g/mol. The molecule has 1 N–H and O–H groups in total. The molecule has 0 bridgehead atoms. The second kappa shape index (κ2) is 4.84. The van der Waals surface area contributed by atoms with E-state index >= 15 is 0 Å². The molecule has 0 aromatic carbocycles. The normalized spacial score (nSPS) is 26.3. The molecule has 82 valence electrons. The minimum atomic E-state index is 0.271. The second-order valence-electron chi connectivity index (χ2n) is 4.24. The molecular formula is C12H17ClN2. The number of hydrogen-bond donors (Lipinski definition) is 1. The van der Waals surface area contributed by atoms with Gasteiger partial charge in [-0.2, -0.15) is 0 Å². The van der Waals surface area contributed by atoms with Gasteiger partial charge >= 0.3 is 0 Å². The number of alkyl halides is 1. The summed E-state index contributed by atoms with van der Waals surface area (Å²) in [6.07, 6.45) is 6.69. The van der Waals surface area contributed by atoms with E-state index in [4.69, 9.17) is 11.6 Å². The van der Waals surface area contributed by atoms with Crippen molar-refractivity contribution in [2.24, 2.45) is 0 Å². The number of nitrogens with zero attached hydrogens (tertiary/aromatic N) is 1. The number of hydrogen-bond acceptors (Lipinski definition) is 2. The Morgan fingerprint density at radius 1 is 1.40 bits per heavy atom. The molecule has 0 radical (unpaired) electrons. The van der Waals surface area contributed by atoms with Gasteiger partial charge in [-0.05, 0) is 31.9 Å². The molecule has 0 spiro atoms. The summed E-state index contributed by atoms with van der Waals surface area (Å²) in [6, 6.07) is 4.49. The summed E-state index contributed by atoms with van der Waals surface area (Å²) in [5, 5.41) is 3.77. The molecular weight excluding hydrogens is 208 g/mol. The third-order valence-corrected chi connectivity index (χ3v) is 3.45. The Labute approximate surface area is 96.1 Å². The van der Waals surface area contributed by atoms with Crippen molar-refractivity contribution >= 4 is 17.3 Å². The largest absolute Gasteiger partial charge is 0.381 e. The Morgan fingerprint density at radius 2 is 2.20 bits per heavy atom. The Hall–Kier alpha value is -0.760. The Bertz CT molecular complexity index is 327. The molecule has 1 aromatic rings. The maximum Gasteiger partial charge on any atom is 0.0537 e. The molecule has 2 atom stereocenters. The van der Waals surface area contributed by atoms with Crippen LogP contribution in [0.5, 0.6) is 0 Å². The smallest absolute Gasteiger partial charge is 0.0537 e. The molecule has 2 unspecified atom stereocenters. The zero-order valence-electron chi connectivity index (χ0n) is 9.04. The maximum atomic E-state index is 6.29. The van der Waals surface area contributed by atoms with Crippen LogP contribution in [0.1, 0.15) is 31.4 Å². The lowest BCUT2D eigenvalue weighted by molar-refractivity contribution is 0.469. The van der Waals surface area contributed by atoms with Crippen LogP contribution in [0, 0.1) is 6.92 Å². The van der Waals surface area contributed by atoms with Gasteiger partial charge in [0.15, 0.2) is 0 Å². The summed E-state index contributed by atoms with van der Waals surface area (Å²) in [5.41, 5.74) is 2.18. The van der Waals surface area contributed by atoms with Gasteiger partial charge in [0.2, 0.25) is 0 Å². The lowest BCUT2D eigenvalue weighted by atomic mass is 9.95. The van der Waals surface area contributed by atoms with E-state index in [-0.39, 0.29) is 5.38 Å². The molecule has 1 aliphatic rings. The first-order valence-electron chi connectivity index (χ1n) is 5.59. The number of rotatable bonds is 2. The van der Waals surface area contributed by atoms with Crippen LogP contribution >= 0.6 is 11.6 Å². The quantitative estimate of drug-likeness (QED) is 0.780. The lowest BCUT2D eigenvalue weighted by Crippen LogP contribution is -2.32. The van der Waals surface area contributed by atoms with Gasteiger partial charge in [-0.1, -0.05) is 12.8 Å². The minimum absolute atomic E-state index is 0.271. The van der Waals surface area contributed by atoms with E-state index in [2.05, 4.69) is 16.4 Å². The lowest BCUT2D eigenvalue weighted by Gasteiger charge is -2.28. The van der Waals surface area contributed by atoms with Crippen molar-refractivity contribution in [2.45, 2.75) is 44.0 Å². The van der Waals surface area contributed by atoms with E-state index in [1.54, 1.807) is 0 Å². The van der Waals surface area contributed by atoms with Crippen LogP contribution in [0.25, 0.3) is 0 Å². The molecule has 3 heteroatoms. The van der Waals surface area contributed by atoms with Gasteiger partial charge in [-0.25, -0.2) is 0 Å². The van der Waals surface area contributed by atoms with Gasteiger partial charge in [0, 0.05) is 23.6 Å². The SMILES string of the molecule is Cc1cc(NC2CCCCC2Cl)ccn1. The molecule has 0 saturated heterocycles. The van der Waals surface area contributed by atoms with Crippen LogP contribution in [0.3, 0.4) is 0 Å². The summed E-state index contributed by atoms with van der Waals surface area (Å²) < 4.78 is 0. The zero-order chi connectivity index (χ0) is 10.7. The second-order valence-corrected chi connectivity index (χ2v) is 4.80. The molecule has 2 rings (SSSR count). The Kier molecular flexibility index (Phi) is 3.47. The monoisotopic (exact) mass is 224 g/mol. The first kappa shape index (κ1) is 10.7. The van der Waals surface area contributed by atoms with Gasteiger partial charge in [0.05, 0.1) is 5.38 Å². The van der Waals surface area contributed by atoms with E-state index < -0.39 is 0 Å². The van der Waals surface area contributed by atoms with Gasteiger partial charge < -0.3 is 5.32 Å². The third kappa shape index (κ3) is 2.85. The van der Waals surface area contributed by atoms with Crippen LogP contribution in [0.15, 0.2) is 18.3 Å². The molecule has 15 heavy (non-hydrogen) atoms. The first-order valence-corrected chi connectivity index (χ1v) is 6.02. The molecule has 1 saturated carbocycles. The van der Waals surface area contributed by atoms with Crippen LogP contribution in [0.4, 0.5) is 5.69 Å². The van der Waals surface area contributed by atoms with Gasteiger partial charge in [-0.3, -0.25) is 4.98 Å². The van der Waals surface area contributed by atoms with Crippen molar-refractivity contribution in [3.05, 3.63) is 24.0 Å². The first-order chi connectivity index (χ1) is 7.25. The number of anilines is 1. The molecule has 1 aromatic heterocycles. The van der Waals surface area contributed by atoms with E-state index in [1.165, 1.54) is 19.3 Å². The standard InChI is InChI=1S/C12H17ClN2/c1-9-8-10(6-7-14-9)15-12-5-3-2-4-11(12)13/h6-8,11-12H,2-5H2,1H3,(H,14,15). The van der Waals surface area contributed by atoms with Crippen molar-refractivity contribution in [1.29, 1.82) is 0 Å². The van der Waals surface area contributed by atoms with Crippen LogP contribution in [0.2, 0.25) is 0 Å². The third-order valence-electron chi connectivity index (χ3n) is 2.93. The number of nitrogens with one attached hydrogen (secondary N) is 1. The van der Waals surface area contributed by atoms with E-state index in [0.29, 0.717) is 6.04 Å². The van der Waals surface area contributed by atoms with Crippen molar-refractivity contribution in [3.8, 4) is 0 Å². The Morgan fingerprint density at radius 3 is 2.93 bits per heavy atom. The number of halogens is 1.